The number of carbonyl (C=O) groups excluding carboxylic acids is 1. The second-order valence-corrected chi connectivity index (χ2v) is 9.54. The third kappa shape index (κ3) is 6.26. The number of hydrogen-bond donors (Lipinski definition) is 1. The molecule has 3 rings (SSSR count). The van der Waals surface area contributed by atoms with Gasteiger partial charge in [-0.2, -0.15) is 0 Å². The minimum Gasteiger partial charge on any atom is -0.492 e. The van der Waals surface area contributed by atoms with Gasteiger partial charge < -0.3 is 24.6 Å². The van der Waals surface area contributed by atoms with Gasteiger partial charge in [-0.05, 0) is 71.3 Å². The van der Waals surface area contributed by atoms with Crippen LogP contribution in [-0.2, 0) is 17.7 Å². The molecular weight excluding hydrogens is 366 g/mol. The molecule has 6 heteroatoms. The van der Waals surface area contributed by atoms with Gasteiger partial charge in [0.25, 0.3) is 0 Å². The Balaban J connectivity index is 1.79. The highest BCUT2D eigenvalue weighted by molar-refractivity contribution is 5.70. The maximum atomic E-state index is 12.6. The molecule has 162 valence electrons. The Morgan fingerprint density at radius 2 is 1.97 bits per heavy atom. The van der Waals surface area contributed by atoms with E-state index in [0.717, 1.165) is 24.4 Å². The molecule has 1 fully saturated rings. The van der Waals surface area contributed by atoms with E-state index in [2.05, 4.69) is 36.4 Å². The summed E-state index contributed by atoms with van der Waals surface area (Å²) in [5.74, 6) is 0.914. The quantitative estimate of drug-likeness (QED) is 0.769. The average molecular weight is 404 g/mol. The van der Waals surface area contributed by atoms with Crippen LogP contribution in [0.1, 0.15) is 57.6 Å². The van der Waals surface area contributed by atoms with Gasteiger partial charge in [-0.1, -0.05) is 12.8 Å². The molecule has 0 bridgehead atoms. The van der Waals surface area contributed by atoms with Gasteiger partial charge in [0, 0.05) is 30.9 Å². The maximum absolute atomic E-state index is 12.6. The molecule has 0 spiro atoms. The smallest absolute Gasteiger partial charge is 0.410 e. The Kier molecular flexibility index (Phi) is 6.93. The van der Waals surface area contributed by atoms with Crippen LogP contribution >= 0.6 is 0 Å². The first-order valence-corrected chi connectivity index (χ1v) is 10.9. The van der Waals surface area contributed by atoms with E-state index in [4.69, 9.17) is 9.47 Å². The first kappa shape index (κ1) is 21.8. The van der Waals surface area contributed by atoms with E-state index in [1.54, 1.807) is 0 Å². The van der Waals surface area contributed by atoms with Crippen molar-refractivity contribution in [2.24, 2.45) is 0 Å². The third-order valence-corrected chi connectivity index (χ3v) is 5.49. The topological polar surface area (TPSA) is 54.0 Å². The molecule has 1 N–H and O–H groups in total. The van der Waals surface area contributed by atoms with Crippen LogP contribution in [0.5, 0.6) is 5.75 Å². The van der Waals surface area contributed by atoms with Gasteiger partial charge in [-0.25, -0.2) is 4.79 Å². The van der Waals surface area contributed by atoms with Crippen molar-refractivity contribution in [3.8, 4) is 5.75 Å². The van der Waals surface area contributed by atoms with Gasteiger partial charge >= 0.3 is 6.09 Å². The fraction of sp³-hybridized carbons (Fsp3) is 0.696. The van der Waals surface area contributed by atoms with Crippen molar-refractivity contribution in [2.45, 2.75) is 71.1 Å². The lowest BCUT2D eigenvalue weighted by Gasteiger charge is -2.33. The predicted octanol–water partition coefficient (Wildman–Crippen LogP) is 4.27. The fourth-order valence-electron chi connectivity index (χ4n) is 3.97. The summed E-state index contributed by atoms with van der Waals surface area (Å²) >= 11 is 0. The first-order valence-electron chi connectivity index (χ1n) is 10.9. The van der Waals surface area contributed by atoms with E-state index >= 15 is 0 Å². The monoisotopic (exact) mass is 403 g/mol. The lowest BCUT2D eigenvalue weighted by Crippen LogP contribution is -2.40. The zero-order valence-electron chi connectivity index (χ0n) is 18.7. The van der Waals surface area contributed by atoms with Crippen LogP contribution < -0.4 is 10.1 Å². The number of nitrogens with zero attached hydrogens (tertiary/aromatic N) is 2. The lowest BCUT2D eigenvalue weighted by molar-refractivity contribution is 0.0224. The Morgan fingerprint density at radius 1 is 1.24 bits per heavy atom. The molecular formula is C23H37N3O3. The predicted molar refractivity (Wildman–Crippen MR) is 117 cm³/mol. The zero-order chi connectivity index (χ0) is 21.0. The van der Waals surface area contributed by atoms with E-state index in [1.807, 2.05) is 25.7 Å². The molecule has 1 aromatic rings. The normalized spacial score (nSPS) is 17.4. The number of anilines is 1. The summed E-state index contributed by atoms with van der Waals surface area (Å²) in [6.45, 7) is 8.53. The van der Waals surface area contributed by atoms with Crippen LogP contribution in [0.3, 0.4) is 0 Å². The highest BCUT2D eigenvalue weighted by atomic mass is 16.6. The lowest BCUT2D eigenvalue weighted by atomic mass is 9.97. The van der Waals surface area contributed by atoms with Crippen LogP contribution in [-0.4, -0.2) is 61.3 Å². The molecule has 29 heavy (non-hydrogen) atoms. The number of amides is 1. The average Bonchev–Trinajstić information content (AvgIpc) is 3.12. The van der Waals surface area contributed by atoms with E-state index in [-0.39, 0.29) is 6.09 Å². The molecule has 0 radical (unpaired) electrons. The molecule has 1 saturated carbocycles. The minimum atomic E-state index is -0.480. The van der Waals surface area contributed by atoms with Gasteiger partial charge in [-0.15, -0.1) is 0 Å². The van der Waals surface area contributed by atoms with Crippen molar-refractivity contribution in [2.75, 3.05) is 39.1 Å². The summed E-state index contributed by atoms with van der Waals surface area (Å²) in [5, 5.41) is 3.75. The number of ether oxygens (including phenoxy) is 2. The maximum Gasteiger partial charge on any atom is 0.410 e. The van der Waals surface area contributed by atoms with Crippen molar-refractivity contribution in [1.29, 1.82) is 0 Å². The molecule has 1 aliphatic carbocycles. The zero-order valence-corrected chi connectivity index (χ0v) is 18.7. The summed E-state index contributed by atoms with van der Waals surface area (Å²) in [7, 11) is 4.10. The Morgan fingerprint density at radius 3 is 2.62 bits per heavy atom. The van der Waals surface area contributed by atoms with Crippen LogP contribution in [0.2, 0.25) is 0 Å². The van der Waals surface area contributed by atoms with Crippen LogP contribution in [0.4, 0.5) is 10.5 Å². The van der Waals surface area contributed by atoms with Crippen LogP contribution in [0, 0.1) is 0 Å². The van der Waals surface area contributed by atoms with Crippen molar-refractivity contribution < 1.29 is 14.3 Å². The Bertz CT molecular complexity index is 706. The standard InChI is InChI=1S/C23H37N3O3/c1-23(2,3)29-22(27)26-11-10-17-14-19(28-13-12-25(4)5)15-21(20(17)16-26)24-18-8-6-7-9-18/h14-15,18,24H,6-13,16H2,1-5H3. The molecule has 0 aromatic heterocycles. The number of likely N-dealkylation sites (N-methyl/N-ethyl adjacent to an activating group) is 1. The van der Waals surface area contributed by atoms with Gasteiger partial charge in [-0.3, -0.25) is 0 Å². The summed E-state index contributed by atoms with van der Waals surface area (Å²) in [6.07, 6.45) is 5.55. The molecule has 0 unspecified atom stereocenters. The molecule has 2 aliphatic rings. The highest BCUT2D eigenvalue weighted by Crippen LogP contribution is 2.34. The summed E-state index contributed by atoms with van der Waals surface area (Å²) in [5.41, 5.74) is 3.11. The number of rotatable bonds is 6. The van der Waals surface area contributed by atoms with Crippen LogP contribution in [0.15, 0.2) is 12.1 Å². The largest absolute Gasteiger partial charge is 0.492 e. The van der Waals surface area contributed by atoms with E-state index in [1.165, 1.54) is 36.8 Å². The number of benzene rings is 1. The third-order valence-electron chi connectivity index (χ3n) is 5.49. The second-order valence-electron chi connectivity index (χ2n) is 9.54. The van der Waals surface area contributed by atoms with Crippen molar-refractivity contribution in [3.63, 3.8) is 0 Å². The molecule has 0 atom stereocenters. The van der Waals surface area contributed by atoms with Gasteiger partial charge in [0.2, 0.25) is 0 Å². The molecule has 6 nitrogen and oxygen atoms in total. The van der Waals surface area contributed by atoms with E-state index in [9.17, 15) is 4.79 Å². The highest BCUT2D eigenvalue weighted by Gasteiger charge is 2.28. The molecule has 1 heterocycles. The number of carbonyl (C=O) groups is 1. The molecule has 0 saturated heterocycles. The minimum absolute atomic E-state index is 0.235. The summed E-state index contributed by atoms with van der Waals surface area (Å²) < 4.78 is 11.6. The van der Waals surface area contributed by atoms with E-state index in [0.29, 0.717) is 25.7 Å². The number of fused-ring (bicyclic) bond motifs is 1. The number of nitrogens with one attached hydrogen (secondary N) is 1. The van der Waals surface area contributed by atoms with Gasteiger partial charge in [0.15, 0.2) is 0 Å². The molecule has 1 aromatic carbocycles. The summed E-state index contributed by atoms with van der Waals surface area (Å²) in [4.78, 5) is 16.5. The molecule has 1 aliphatic heterocycles. The molecule has 1 amide bonds. The van der Waals surface area contributed by atoms with Crippen LogP contribution in [0.25, 0.3) is 0 Å². The van der Waals surface area contributed by atoms with Gasteiger partial charge in [0.05, 0.1) is 6.54 Å². The Hall–Kier alpha value is -1.95. The SMILES string of the molecule is CN(C)CCOc1cc2c(c(NC3CCCC3)c1)CN(C(=O)OC(C)(C)C)CC2. The van der Waals surface area contributed by atoms with Crippen molar-refractivity contribution >= 4 is 11.8 Å². The van der Waals surface area contributed by atoms with Gasteiger partial charge in [0.1, 0.15) is 18.0 Å². The summed E-state index contributed by atoms with van der Waals surface area (Å²) in [6, 6.07) is 4.77. The second kappa shape index (κ2) is 9.24. The van der Waals surface area contributed by atoms with Crippen molar-refractivity contribution in [1.82, 2.24) is 9.80 Å². The Labute approximate surface area is 175 Å². The first-order chi connectivity index (χ1) is 13.7. The fourth-order valence-corrected chi connectivity index (χ4v) is 3.97. The van der Waals surface area contributed by atoms with Crippen molar-refractivity contribution in [3.05, 3.63) is 23.3 Å². The van der Waals surface area contributed by atoms with E-state index < -0.39 is 5.60 Å². The number of hydrogen-bond acceptors (Lipinski definition) is 5.